The quantitative estimate of drug-likeness (QED) is 0.899. The van der Waals surface area contributed by atoms with Crippen molar-refractivity contribution in [3.63, 3.8) is 0 Å². The molecule has 1 N–H and O–H groups in total. The zero-order valence-corrected chi connectivity index (χ0v) is 10.6. The first-order valence-electron chi connectivity index (χ1n) is 5.77. The first-order chi connectivity index (χ1) is 8.82. The van der Waals surface area contributed by atoms with Gasteiger partial charge in [-0.25, -0.2) is 4.98 Å². The zero-order chi connectivity index (χ0) is 14.5. The summed E-state index contributed by atoms with van der Waals surface area (Å²) >= 11 is 0. The van der Waals surface area contributed by atoms with Crippen LogP contribution in [0.25, 0.3) is 0 Å². The molecule has 0 fully saturated rings. The second-order valence-electron chi connectivity index (χ2n) is 4.01. The number of carbonyl (C=O) groups excluding carboxylic acids is 1. The lowest BCUT2D eigenvalue weighted by Gasteiger charge is -2.11. The van der Waals surface area contributed by atoms with Gasteiger partial charge in [0, 0.05) is 6.20 Å². The minimum absolute atomic E-state index is 0.0831. The lowest BCUT2D eigenvalue weighted by Crippen LogP contribution is -2.22. The number of nitrogens with one attached hydrogen (secondary N) is 1. The summed E-state index contributed by atoms with van der Waals surface area (Å²) in [6, 6.07) is 1.62. The molecule has 1 atom stereocenters. The number of alkyl halides is 3. The van der Waals surface area contributed by atoms with Crippen molar-refractivity contribution < 1.29 is 22.7 Å². The lowest BCUT2D eigenvalue weighted by atomic mass is 10.2. The minimum atomic E-state index is -4.46. The third-order valence-electron chi connectivity index (χ3n) is 2.43. The maximum absolute atomic E-state index is 12.4. The Hall–Kier alpha value is -1.63. The van der Waals surface area contributed by atoms with Crippen LogP contribution in [-0.4, -0.2) is 23.6 Å². The number of hydrogen-bond donors (Lipinski definition) is 1. The highest BCUT2D eigenvalue weighted by molar-refractivity contribution is 5.90. The Balaban J connectivity index is 2.60. The number of hydrogen-bond acceptors (Lipinski definition) is 3. The third-order valence-corrected chi connectivity index (χ3v) is 2.43. The molecule has 0 aliphatic carbocycles. The second-order valence-corrected chi connectivity index (χ2v) is 4.01. The van der Waals surface area contributed by atoms with E-state index in [1.807, 2.05) is 6.92 Å². The number of halogens is 3. The van der Waals surface area contributed by atoms with Crippen LogP contribution in [0.1, 0.15) is 25.8 Å². The zero-order valence-electron chi connectivity index (χ0n) is 10.6. The van der Waals surface area contributed by atoms with E-state index in [1.54, 1.807) is 6.92 Å². The van der Waals surface area contributed by atoms with E-state index in [-0.39, 0.29) is 18.5 Å². The summed E-state index contributed by atoms with van der Waals surface area (Å²) in [5.74, 6) is -0.681. The SMILES string of the molecule is CCC(C)OCC(=O)Nc1cc(C(F)(F)F)ccn1. The summed E-state index contributed by atoms with van der Waals surface area (Å²) in [5.41, 5.74) is -0.861. The van der Waals surface area contributed by atoms with Gasteiger partial charge in [0.2, 0.25) is 0 Å². The number of rotatable bonds is 5. The Morgan fingerprint density at radius 1 is 1.53 bits per heavy atom. The van der Waals surface area contributed by atoms with Gasteiger partial charge in [0.25, 0.3) is 5.91 Å². The van der Waals surface area contributed by atoms with Crippen LogP contribution in [0.5, 0.6) is 0 Å². The smallest absolute Gasteiger partial charge is 0.369 e. The first kappa shape index (κ1) is 15.4. The molecule has 0 saturated carbocycles. The summed E-state index contributed by atoms with van der Waals surface area (Å²) in [5, 5.41) is 2.26. The van der Waals surface area contributed by atoms with E-state index >= 15 is 0 Å². The van der Waals surface area contributed by atoms with Gasteiger partial charge in [0.05, 0.1) is 11.7 Å². The molecule has 1 rings (SSSR count). The van der Waals surface area contributed by atoms with E-state index in [0.29, 0.717) is 0 Å². The predicted octanol–water partition coefficient (Wildman–Crippen LogP) is 2.85. The molecule has 0 spiro atoms. The van der Waals surface area contributed by atoms with Crippen LogP contribution in [0.3, 0.4) is 0 Å². The van der Waals surface area contributed by atoms with Gasteiger partial charge in [-0.1, -0.05) is 6.92 Å². The van der Waals surface area contributed by atoms with Crippen LogP contribution in [0.15, 0.2) is 18.3 Å². The molecule has 19 heavy (non-hydrogen) atoms. The fourth-order valence-corrected chi connectivity index (χ4v) is 1.19. The maximum atomic E-state index is 12.4. The fourth-order valence-electron chi connectivity index (χ4n) is 1.19. The maximum Gasteiger partial charge on any atom is 0.416 e. The Labute approximate surface area is 109 Å². The van der Waals surface area contributed by atoms with Crippen molar-refractivity contribution in [2.24, 2.45) is 0 Å². The van der Waals surface area contributed by atoms with Crippen LogP contribution in [0, 0.1) is 0 Å². The van der Waals surface area contributed by atoms with Crippen molar-refractivity contribution in [3.8, 4) is 0 Å². The summed E-state index contributed by atoms with van der Waals surface area (Å²) in [6.45, 7) is 3.49. The average molecular weight is 276 g/mol. The average Bonchev–Trinajstić information content (AvgIpc) is 2.35. The topological polar surface area (TPSA) is 51.2 Å². The van der Waals surface area contributed by atoms with Crippen LogP contribution < -0.4 is 5.32 Å². The van der Waals surface area contributed by atoms with Gasteiger partial charge in [-0.05, 0) is 25.5 Å². The number of aromatic nitrogens is 1. The molecule has 0 aliphatic heterocycles. The number of pyridine rings is 1. The molecule has 0 saturated heterocycles. The highest BCUT2D eigenvalue weighted by Gasteiger charge is 2.30. The Morgan fingerprint density at radius 3 is 2.79 bits per heavy atom. The molecule has 1 amide bonds. The highest BCUT2D eigenvalue weighted by Crippen LogP contribution is 2.29. The Morgan fingerprint density at radius 2 is 2.21 bits per heavy atom. The normalized spacial score (nSPS) is 13.1. The van der Waals surface area contributed by atoms with Crippen LogP contribution >= 0.6 is 0 Å². The molecule has 1 unspecified atom stereocenters. The number of anilines is 1. The van der Waals surface area contributed by atoms with Crippen LogP contribution in [-0.2, 0) is 15.7 Å². The third kappa shape index (κ3) is 5.25. The molecule has 1 heterocycles. The standard InChI is InChI=1S/C12H15F3N2O2/c1-3-8(2)19-7-11(18)17-10-6-9(4-5-16-10)12(13,14)15/h4-6,8H,3,7H2,1-2H3,(H,16,17,18). The summed E-state index contributed by atoms with van der Waals surface area (Å²) in [6.07, 6.45) is -2.81. The number of carbonyl (C=O) groups is 1. The first-order valence-corrected chi connectivity index (χ1v) is 5.77. The van der Waals surface area contributed by atoms with E-state index in [9.17, 15) is 18.0 Å². The summed E-state index contributed by atoms with van der Waals surface area (Å²) in [4.78, 5) is 15.1. The van der Waals surface area contributed by atoms with Crippen molar-refractivity contribution in [1.82, 2.24) is 4.98 Å². The van der Waals surface area contributed by atoms with Crippen molar-refractivity contribution in [2.75, 3.05) is 11.9 Å². The molecule has 1 aromatic heterocycles. The molecule has 1 aromatic rings. The van der Waals surface area contributed by atoms with Gasteiger partial charge in [0.15, 0.2) is 0 Å². The van der Waals surface area contributed by atoms with Gasteiger partial charge in [-0.3, -0.25) is 4.79 Å². The van der Waals surface area contributed by atoms with E-state index in [4.69, 9.17) is 4.74 Å². The van der Waals surface area contributed by atoms with Crippen molar-refractivity contribution >= 4 is 11.7 Å². The molecule has 7 heteroatoms. The second kappa shape index (κ2) is 6.51. The number of amides is 1. The molecular formula is C12H15F3N2O2. The molecule has 4 nitrogen and oxygen atoms in total. The van der Waals surface area contributed by atoms with E-state index in [1.165, 1.54) is 0 Å². The molecule has 0 aromatic carbocycles. The summed E-state index contributed by atoms with van der Waals surface area (Å²) < 4.78 is 42.5. The Kier molecular flexibility index (Phi) is 5.29. The minimum Gasteiger partial charge on any atom is -0.369 e. The van der Waals surface area contributed by atoms with Crippen molar-refractivity contribution in [1.29, 1.82) is 0 Å². The predicted molar refractivity (Wildman–Crippen MR) is 63.6 cm³/mol. The Bertz CT molecular complexity index is 435. The molecule has 0 radical (unpaired) electrons. The monoisotopic (exact) mass is 276 g/mol. The van der Waals surface area contributed by atoms with Crippen LogP contribution in [0.4, 0.5) is 19.0 Å². The van der Waals surface area contributed by atoms with E-state index in [0.717, 1.165) is 24.8 Å². The number of ether oxygens (including phenoxy) is 1. The molecular weight excluding hydrogens is 261 g/mol. The van der Waals surface area contributed by atoms with Gasteiger partial charge in [-0.15, -0.1) is 0 Å². The van der Waals surface area contributed by atoms with E-state index < -0.39 is 17.6 Å². The highest BCUT2D eigenvalue weighted by atomic mass is 19.4. The molecule has 106 valence electrons. The van der Waals surface area contributed by atoms with Gasteiger partial charge in [-0.2, -0.15) is 13.2 Å². The van der Waals surface area contributed by atoms with Crippen molar-refractivity contribution in [2.45, 2.75) is 32.5 Å². The van der Waals surface area contributed by atoms with Gasteiger partial charge >= 0.3 is 6.18 Å². The van der Waals surface area contributed by atoms with E-state index in [2.05, 4.69) is 10.3 Å². The lowest BCUT2D eigenvalue weighted by molar-refractivity contribution is -0.137. The number of nitrogens with zero attached hydrogens (tertiary/aromatic N) is 1. The van der Waals surface area contributed by atoms with Gasteiger partial charge < -0.3 is 10.1 Å². The molecule has 0 aliphatic rings. The fraction of sp³-hybridized carbons (Fsp3) is 0.500. The largest absolute Gasteiger partial charge is 0.416 e. The summed E-state index contributed by atoms with van der Waals surface area (Å²) in [7, 11) is 0. The molecule has 0 bridgehead atoms. The van der Waals surface area contributed by atoms with Gasteiger partial charge in [0.1, 0.15) is 12.4 Å². The van der Waals surface area contributed by atoms with Crippen LogP contribution in [0.2, 0.25) is 0 Å². The van der Waals surface area contributed by atoms with Crippen molar-refractivity contribution in [3.05, 3.63) is 23.9 Å².